The number of hydrogen-bond donors (Lipinski definition) is 1. The Hall–Kier alpha value is -0.300. The molecule has 0 radical (unpaired) electrons. The van der Waals surface area contributed by atoms with E-state index < -0.39 is 0 Å². The molecule has 7 atom stereocenters. The van der Waals surface area contributed by atoms with Gasteiger partial charge in [0, 0.05) is 6.61 Å². The SMILES string of the molecule is CC(C)CC1(CO)CC2CC1C1C3C=CC(C3)C21. The van der Waals surface area contributed by atoms with Crippen molar-refractivity contribution in [2.75, 3.05) is 6.61 Å². The minimum absolute atomic E-state index is 0.290. The lowest BCUT2D eigenvalue weighted by Gasteiger charge is -2.45. The maximum atomic E-state index is 10.1. The predicted octanol–water partition coefficient (Wildman–Crippen LogP) is 3.49. The van der Waals surface area contributed by atoms with Gasteiger partial charge < -0.3 is 5.11 Å². The zero-order valence-electron chi connectivity index (χ0n) is 11.7. The van der Waals surface area contributed by atoms with E-state index in [2.05, 4.69) is 26.0 Å². The predicted molar refractivity (Wildman–Crippen MR) is 72.9 cm³/mol. The molecule has 3 saturated carbocycles. The van der Waals surface area contributed by atoms with Crippen LogP contribution in [-0.2, 0) is 0 Å². The van der Waals surface area contributed by atoms with Crippen LogP contribution >= 0.6 is 0 Å². The van der Waals surface area contributed by atoms with E-state index in [0.717, 1.165) is 41.4 Å². The van der Waals surface area contributed by atoms with Crippen LogP contribution in [-0.4, -0.2) is 11.7 Å². The lowest BCUT2D eigenvalue weighted by Crippen LogP contribution is -2.42. The highest BCUT2D eigenvalue weighted by molar-refractivity contribution is 5.22. The van der Waals surface area contributed by atoms with Crippen molar-refractivity contribution >= 4 is 0 Å². The molecule has 4 aliphatic rings. The first-order valence-electron chi connectivity index (χ1n) is 7.94. The minimum Gasteiger partial charge on any atom is -0.396 e. The zero-order valence-corrected chi connectivity index (χ0v) is 11.7. The lowest BCUT2D eigenvalue weighted by atomic mass is 9.60. The van der Waals surface area contributed by atoms with Crippen molar-refractivity contribution in [2.45, 2.75) is 39.5 Å². The number of aliphatic hydroxyl groups is 1. The Morgan fingerprint density at radius 3 is 2.56 bits per heavy atom. The van der Waals surface area contributed by atoms with Crippen molar-refractivity contribution in [3.63, 3.8) is 0 Å². The van der Waals surface area contributed by atoms with E-state index in [9.17, 15) is 5.11 Å². The first-order valence-corrected chi connectivity index (χ1v) is 7.94. The van der Waals surface area contributed by atoms with E-state index >= 15 is 0 Å². The molecule has 0 aliphatic heterocycles. The van der Waals surface area contributed by atoms with Gasteiger partial charge in [0.05, 0.1) is 0 Å². The Labute approximate surface area is 111 Å². The van der Waals surface area contributed by atoms with Gasteiger partial charge in [-0.15, -0.1) is 0 Å². The summed E-state index contributed by atoms with van der Waals surface area (Å²) in [6.45, 7) is 5.08. The number of aliphatic hydroxyl groups excluding tert-OH is 1. The zero-order chi connectivity index (χ0) is 12.5. The maximum absolute atomic E-state index is 10.1. The molecule has 0 aromatic carbocycles. The molecule has 7 unspecified atom stereocenters. The fourth-order valence-corrected chi connectivity index (χ4v) is 6.61. The van der Waals surface area contributed by atoms with Crippen molar-refractivity contribution in [3.05, 3.63) is 12.2 Å². The molecular formula is C17H26O. The highest BCUT2D eigenvalue weighted by atomic mass is 16.3. The van der Waals surface area contributed by atoms with E-state index in [1.807, 2.05) is 0 Å². The fourth-order valence-electron chi connectivity index (χ4n) is 6.61. The average molecular weight is 246 g/mol. The van der Waals surface area contributed by atoms with Gasteiger partial charge in [0.25, 0.3) is 0 Å². The normalized spacial score (nSPS) is 55.8. The van der Waals surface area contributed by atoms with Crippen molar-refractivity contribution in [1.82, 2.24) is 0 Å². The first kappa shape index (κ1) is 11.5. The molecule has 4 aliphatic carbocycles. The van der Waals surface area contributed by atoms with Crippen molar-refractivity contribution < 1.29 is 5.11 Å². The molecular weight excluding hydrogens is 220 g/mol. The summed E-state index contributed by atoms with van der Waals surface area (Å²) in [5.74, 6) is 6.20. The molecule has 4 rings (SSSR count). The average Bonchev–Trinajstić information content (AvgIpc) is 3.05. The van der Waals surface area contributed by atoms with E-state index in [0.29, 0.717) is 6.61 Å². The Bertz CT molecular complexity index is 385. The summed E-state index contributed by atoms with van der Waals surface area (Å²) in [6, 6.07) is 0. The van der Waals surface area contributed by atoms with E-state index in [4.69, 9.17) is 0 Å². The van der Waals surface area contributed by atoms with Crippen LogP contribution < -0.4 is 0 Å². The molecule has 0 amide bonds. The minimum atomic E-state index is 0.290. The van der Waals surface area contributed by atoms with Crippen LogP contribution in [0.4, 0.5) is 0 Å². The third-order valence-electron chi connectivity index (χ3n) is 6.73. The third kappa shape index (κ3) is 1.27. The van der Waals surface area contributed by atoms with Gasteiger partial charge in [-0.3, -0.25) is 0 Å². The second kappa shape index (κ2) is 3.62. The van der Waals surface area contributed by atoms with Crippen LogP contribution in [0.1, 0.15) is 39.5 Å². The molecule has 0 aromatic rings. The second-order valence-corrected chi connectivity index (χ2v) is 8.03. The third-order valence-corrected chi connectivity index (χ3v) is 6.73. The van der Waals surface area contributed by atoms with Crippen molar-refractivity contribution in [2.24, 2.45) is 46.8 Å². The van der Waals surface area contributed by atoms with Gasteiger partial charge in [-0.1, -0.05) is 26.0 Å². The molecule has 100 valence electrons. The summed E-state index contributed by atoms with van der Waals surface area (Å²) in [6.07, 6.45) is 10.4. The molecule has 1 nitrogen and oxygen atoms in total. The van der Waals surface area contributed by atoms with Crippen LogP contribution in [0.3, 0.4) is 0 Å². The van der Waals surface area contributed by atoms with Crippen LogP contribution in [0.25, 0.3) is 0 Å². The summed E-state index contributed by atoms with van der Waals surface area (Å²) >= 11 is 0. The molecule has 1 heteroatoms. The topological polar surface area (TPSA) is 20.2 Å². The Kier molecular flexibility index (Phi) is 2.32. The van der Waals surface area contributed by atoms with Crippen LogP contribution in [0.15, 0.2) is 12.2 Å². The summed E-state index contributed by atoms with van der Waals surface area (Å²) in [5.41, 5.74) is 0.290. The fraction of sp³-hybridized carbons (Fsp3) is 0.882. The van der Waals surface area contributed by atoms with Crippen LogP contribution in [0.2, 0.25) is 0 Å². The monoisotopic (exact) mass is 246 g/mol. The molecule has 18 heavy (non-hydrogen) atoms. The summed E-state index contributed by atoms with van der Waals surface area (Å²) in [5, 5.41) is 10.1. The number of allylic oxidation sites excluding steroid dienone is 2. The Morgan fingerprint density at radius 1 is 1.17 bits per heavy atom. The number of fused-ring (bicyclic) bond motifs is 9. The van der Waals surface area contributed by atoms with E-state index in [1.165, 1.54) is 25.7 Å². The Balaban J connectivity index is 1.66. The standard InChI is InChI=1S/C17H26O/c1-10(2)7-17(9-18)8-13-6-14(17)16-12-4-3-11(5-12)15(13)16/h3-4,10-16,18H,5-9H2,1-2H3. The maximum Gasteiger partial charge on any atom is 0.0490 e. The number of rotatable bonds is 3. The van der Waals surface area contributed by atoms with Gasteiger partial charge in [0.15, 0.2) is 0 Å². The molecule has 0 saturated heterocycles. The Morgan fingerprint density at radius 2 is 1.89 bits per heavy atom. The molecule has 4 bridgehead atoms. The summed E-state index contributed by atoms with van der Waals surface area (Å²) in [4.78, 5) is 0. The van der Waals surface area contributed by atoms with Gasteiger partial charge >= 0.3 is 0 Å². The summed E-state index contributed by atoms with van der Waals surface area (Å²) < 4.78 is 0. The van der Waals surface area contributed by atoms with Crippen molar-refractivity contribution in [1.29, 1.82) is 0 Å². The van der Waals surface area contributed by atoms with Crippen LogP contribution in [0, 0.1) is 46.8 Å². The van der Waals surface area contributed by atoms with Crippen molar-refractivity contribution in [3.8, 4) is 0 Å². The van der Waals surface area contributed by atoms with Gasteiger partial charge in [-0.25, -0.2) is 0 Å². The second-order valence-electron chi connectivity index (χ2n) is 8.03. The highest BCUT2D eigenvalue weighted by Gasteiger charge is 2.65. The number of hydrogen-bond acceptors (Lipinski definition) is 1. The van der Waals surface area contributed by atoms with E-state index in [1.54, 1.807) is 0 Å². The van der Waals surface area contributed by atoms with Crippen LogP contribution in [0.5, 0.6) is 0 Å². The quantitative estimate of drug-likeness (QED) is 0.597. The molecule has 3 fully saturated rings. The smallest absolute Gasteiger partial charge is 0.0490 e. The largest absolute Gasteiger partial charge is 0.396 e. The molecule has 0 aromatic heterocycles. The molecule has 1 N–H and O–H groups in total. The molecule has 0 heterocycles. The van der Waals surface area contributed by atoms with Gasteiger partial charge in [0.2, 0.25) is 0 Å². The lowest BCUT2D eigenvalue weighted by molar-refractivity contribution is -0.00747. The van der Waals surface area contributed by atoms with Gasteiger partial charge in [0.1, 0.15) is 0 Å². The summed E-state index contributed by atoms with van der Waals surface area (Å²) in [7, 11) is 0. The van der Waals surface area contributed by atoms with Gasteiger partial charge in [-0.05, 0) is 72.5 Å². The highest BCUT2D eigenvalue weighted by Crippen LogP contribution is 2.71. The molecule has 0 spiro atoms. The van der Waals surface area contributed by atoms with E-state index in [-0.39, 0.29) is 5.41 Å². The first-order chi connectivity index (χ1) is 8.64. The van der Waals surface area contributed by atoms with Gasteiger partial charge in [-0.2, -0.15) is 0 Å².